The highest BCUT2D eigenvalue weighted by molar-refractivity contribution is 6.13. The van der Waals surface area contributed by atoms with Gasteiger partial charge in [0, 0.05) is 72.8 Å². The van der Waals surface area contributed by atoms with Gasteiger partial charge in [0.2, 0.25) is 0 Å². The number of hydrogen-bond donors (Lipinski definition) is 3. The number of benzene rings is 3. The van der Waals surface area contributed by atoms with E-state index in [0.29, 0.717) is 33.6 Å². The van der Waals surface area contributed by atoms with Crippen molar-refractivity contribution in [2.45, 2.75) is 0 Å². The fourth-order valence-electron chi connectivity index (χ4n) is 5.11. The fraction of sp³-hybridized carbons (Fsp3) is 0.188. The molecule has 5 aromatic rings. The lowest BCUT2D eigenvalue weighted by Gasteiger charge is -2.34. The first-order chi connectivity index (χ1) is 20.4. The summed E-state index contributed by atoms with van der Waals surface area (Å²) >= 11 is 0. The molecule has 10 nitrogen and oxygen atoms in total. The molecule has 6 rings (SSSR count). The Hall–Kier alpha value is -5.22. The second kappa shape index (κ2) is 11.3. The minimum absolute atomic E-state index is 0.0210. The predicted molar refractivity (Wildman–Crippen MR) is 164 cm³/mol. The predicted octanol–water partition coefficient (Wildman–Crippen LogP) is 4.59. The lowest BCUT2D eigenvalue weighted by atomic mass is 10.0. The van der Waals surface area contributed by atoms with Gasteiger partial charge in [-0.05, 0) is 49.5 Å². The number of rotatable bonds is 7. The van der Waals surface area contributed by atoms with Crippen LogP contribution in [0.2, 0.25) is 0 Å². The maximum absolute atomic E-state index is 13.3. The third-order valence-corrected chi connectivity index (χ3v) is 7.57. The van der Waals surface area contributed by atoms with Crippen LogP contribution in [0.3, 0.4) is 0 Å². The molecule has 0 aliphatic carbocycles. The molecule has 0 unspecified atom stereocenters. The van der Waals surface area contributed by atoms with Gasteiger partial charge in [0.25, 0.3) is 5.91 Å². The fourth-order valence-corrected chi connectivity index (χ4v) is 5.11. The van der Waals surface area contributed by atoms with Gasteiger partial charge in [0.05, 0.1) is 23.8 Å². The van der Waals surface area contributed by atoms with Gasteiger partial charge in [-0.3, -0.25) is 14.6 Å². The molecule has 3 heterocycles. The van der Waals surface area contributed by atoms with E-state index in [0.717, 1.165) is 37.3 Å². The van der Waals surface area contributed by atoms with Crippen molar-refractivity contribution in [3.8, 4) is 5.88 Å². The number of nitrogens with zero attached hydrogens (tertiary/aromatic N) is 5. The summed E-state index contributed by atoms with van der Waals surface area (Å²) in [5.74, 6) is -0.548. The largest absolute Gasteiger partial charge is 0.494 e. The van der Waals surface area contributed by atoms with Crippen LogP contribution in [0.15, 0.2) is 84.2 Å². The Labute approximate surface area is 242 Å². The highest BCUT2D eigenvalue weighted by Crippen LogP contribution is 2.29. The summed E-state index contributed by atoms with van der Waals surface area (Å²) in [4.78, 5) is 42.1. The number of imidazole rings is 1. The topological polar surface area (TPSA) is 119 Å². The minimum atomic E-state index is -0.317. The highest BCUT2D eigenvalue weighted by Gasteiger charge is 2.17. The number of likely N-dealkylation sites (N-methyl/N-ethyl adjacent to an activating group) is 1. The summed E-state index contributed by atoms with van der Waals surface area (Å²) in [6.45, 7) is 4.09. The quantitative estimate of drug-likeness (QED) is 0.198. The van der Waals surface area contributed by atoms with Gasteiger partial charge in [0.15, 0.2) is 11.7 Å². The summed E-state index contributed by atoms with van der Waals surface area (Å²) in [7, 11) is 3.88. The number of fused-ring (bicyclic) bond motifs is 1. The zero-order chi connectivity index (χ0) is 29.2. The molecule has 0 bridgehead atoms. The summed E-state index contributed by atoms with van der Waals surface area (Å²) in [5.41, 5.74) is 4.90. The van der Waals surface area contributed by atoms with Crippen LogP contribution < -0.4 is 10.2 Å². The standard InChI is InChI=1S/C32H31N7O3/c1-37-12-14-39(15-13-37)25-9-7-23(8-10-25)34-18-27-26-11-6-22(17-28(26)36-31(27)41)30(40)21-4-3-5-24(16-21)35-32(42)29-19-33-20-38(29)2/h3-11,16-20,36,41H,12-15H2,1-2H3,(H,35,42). The van der Waals surface area contributed by atoms with Crippen molar-refractivity contribution in [2.75, 3.05) is 43.4 Å². The van der Waals surface area contributed by atoms with Crippen molar-refractivity contribution in [1.29, 1.82) is 0 Å². The van der Waals surface area contributed by atoms with Crippen molar-refractivity contribution in [1.82, 2.24) is 19.4 Å². The smallest absolute Gasteiger partial charge is 0.273 e. The zero-order valence-electron chi connectivity index (χ0n) is 23.4. The van der Waals surface area contributed by atoms with Crippen LogP contribution in [-0.2, 0) is 7.05 Å². The van der Waals surface area contributed by atoms with Crippen LogP contribution in [0.25, 0.3) is 10.9 Å². The molecule has 1 fully saturated rings. The molecule has 0 saturated carbocycles. The Kier molecular flexibility index (Phi) is 7.28. The number of aliphatic imine (C=N–C) groups is 1. The van der Waals surface area contributed by atoms with Gasteiger partial charge in [-0.1, -0.05) is 24.3 Å². The Morgan fingerprint density at radius 2 is 1.74 bits per heavy atom. The summed E-state index contributed by atoms with van der Waals surface area (Å²) < 4.78 is 1.62. The number of aryl methyl sites for hydroxylation is 1. The first-order valence-corrected chi connectivity index (χ1v) is 13.7. The third-order valence-electron chi connectivity index (χ3n) is 7.57. The van der Waals surface area contributed by atoms with Crippen LogP contribution in [-0.4, -0.2) is 75.7 Å². The highest BCUT2D eigenvalue weighted by atomic mass is 16.3. The molecular weight excluding hydrogens is 530 g/mol. The third kappa shape index (κ3) is 5.52. The van der Waals surface area contributed by atoms with Gasteiger partial charge in [-0.25, -0.2) is 4.98 Å². The average molecular weight is 562 g/mol. The van der Waals surface area contributed by atoms with E-state index in [1.807, 2.05) is 12.1 Å². The number of H-pyrrole nitrogens is 1. The number of anilines is 2. The number of aromatic nitrogens is 3. The Morgan fingerprint density at radius 1 is 0.976 bits per heavy atom. The summed E-state index contributed by atoms with van der Waals surface area (Å²) in [6, 6.07) is 20.1. The Bertz CT molecular complexity index is 1790. The Balaban J connectivity index is 1.17. The van der Waals surface area contributed by atoms with E-state index in [2.05, 4.69) is 49.3 Å². The van der Waals surface area contributed by atoms with Crippen LogP contribution in [0.4, 0.5) is 17.1 Å². The van der Waals surface area contributed by atoms with Crippen LogP contribution in [0, 0.1) is 0 Å². The maximum Gasteiger partial charge on any atom is 0.273 e. The molecule has 10 heteroatoms. The van der Waals surface area contributed by atoms with E-state index >= 15 is 0 Å². The van der Waals surface area contributed by atoms with Gasteiger partial charge < -0.3 is 29.8 Å². The van der Waals surface area contributed by atoms with Crippen LogP contribution in [0.1, 0.15) is 32.0 Å². The van der Waals surface area contributed by atoms with E-state index in [1.54, 1.807) is 66.6 Å². The summed E-state index contributed by atoms with van der Waals surface area (Å²) in [5, 5.41) is 14.2. The first kappa shape index (κ1) is 27.0. The molecule has 1 amide bonds. The number of ketones is 1. The number of carbonyl (C=O) groups is 2. The number of hydrogen-bond acceptors (Lipinski definition) is 7. The SMILES string of the molecule is CN1CCN(c2ccc(N=Cc3c(O)[nH]c4cc(C(=O)c5cccc(NC(=O)c6cncn6C)c5)ccc34)cc2)CC1. The first-order valence-electron chi connectivity index (χ1n) is 13.7. The zero-order valence-corrected chi connectivity index (χ0v) is 23.4. The molecule has 3 N–H and O–H groups in total. The van der Waals surface area contributed by atoms with E-state index < -0.39 is 0 Å². The van der Waals surface area contributed by atoms with E-state index in [-0.39, 0.29) is 17.6 Å². The van der Waals surface area contributed by atoms with Crippen molar-refractivity contribution in [2.24, 2.45) is 12.0 Å². The Morgan fingerprint density at radius 3 is 2.48 bits per heavy atom. The molecule has 1 saturated heterocycles. The molecule has 0 spiro atoms. The van der Waals surface area contributed by atoms with Gasteiger partial charge >= 0.3 is 0 Å². The number of aromatic hydroxyl groups is 1. The molecule has 42 heavy (non-hydrogen) atoms. The molecule has 1 aliphatic heterocycles. The molecule has 1 aliphatic rings. The van der Waals surface area contributed by atoms with E-state index in [1.165, 1.54) is 11.9 Å². The maximum atomic E-state index is 13.3. The molecule has 212 valence electrons. The van der Waals surface area contributed by atoms with E-state index in [4.69, 9.17) is 0 Å². The van der Waals surface area contributed by atoms with Gasteiger partial charge in [-0.15, -0.1) is 0 Å². The van der Waals surface area contributed by atoms with Crippen molar-refractivity contribution < 1.29 is 14.7 Å². The number of carbonyl (C=O) groups excluding carboxylic acids is 2. The molecular formula is C32H31N7O3. The molecule has 2 aromatic heterocycles. The van der Waals surface area contributed by atoms with Crippen molar-refractivity contribution in [3.05, 3.63) is 102 Å². The van der Waals surface area contributed by atoms with Crippen LogP contribution in [0.5, 0.6) is 5.88 Å². The number of piperazine rings is 1. The van der Waals surface area contributed by atoms with E-state index in [9.17, 15) is 14.7 Å². The lowest BCUT2D eigenvalue weighted by molar-refractivity contribution is 0.101. The van der Waals surface area contributed by atoms with Crippen molar-refractivity contribution >= 4 is 45.9 Å². The minimum Gasteiger partial charge on any atom is -0.494 e. The normalized spacial score (nSPS) is 14.1. The van der Waals surface area contributed by atoms with Crippen LogP contribution >= 0.6 is 0 Å². The summed E-state index contributed by atoms with van der Waals surface area (Å²) in [6.07, 6.45) is 4.66. The second-order valence-corrected chi connectivity index (χ2v) is 10.5. The molecule has 3 aromatic carbocycles. The molecule has 0 radical (unpaired) electrons. The van der Waals surface area contributed by atoms with Crippen molar-refractivity contribution in [3.63, 3.8) is 0 Å². The lowest BCUT2D eigenvalue weighted by Crippen LogP contribution is -2.44. The average Bonchev–Trinajstić information content (AvgIpc) is 3.57. The molecule has 0 atom stereocenters. The number of amides is 1. The number of nitrogens with one attached hydrogen (secondary N) is 2. The second-order valence-electron chi connectivity index (χ2n) is 10.5. The van der Waals surface area contributed by atoms with Gasteiger partial charge in [-0.2, -0.15) is 0 Å². The monoisotopic (exact) mass is 561 g/mol. The number of aromatic amines is 1. The van der Waals surface area contributed by atoms with Gasteiger partial charge in [0.1, 0.15) is 5.69 Å².